The van der Waals surface area contributed by atoms with E-state index in [1.165, 1.54) is 13.8 Å². The molecule has 1 spiro atoms. The van der Waals surface area contributed by atoms with Crippen LogP contribution in [0.2, 0.25) is 0 Å². The molecule has 1 aliphatic heterocycles. The Kier molecular flexibility index (Phi) is 3.81. The third-order valence-electron chi connectivity index (χ3n) is 7.16. The van der Waals surface area contributed by atoms with Crippen molar-refractivity contribution in [3.8, 4) is 11.5 Å². The fraction of sp³-hybridized carbons (Fsp3) is 0.545. The Balaban J connectivity index is 1.58. The van der Waals surface area contributed by atoms with Gasteiger partial charge in [-0.25, -0.2) is 4.79 Å². The molecule has 7 heteroatoms. The minimum absolute atomic E-state index is 0.0258. The Bertz CT molecular complexity index is 951. The summed E-state index contributed by atoms with van der Waals surface area (Å²) in [5.41, 5.74) is 0.164. The minimum atomic E-state index is -1.05. The number of phenolic OH excluding ortho intramolecular Hbond substituents is 1. The third-order valence-corrected chi connectivity index (χ3v) is 7.16. The summed E-state index contributed by atoms with van der Waals surface area (Å²) in [5.74, 6) is -0.468. The molecule has 29 heavy (non-hydrogen) atoms. The molecule has 0 unspecified atom stereocenters. The molecule has 1 fully saturated rings. The molecule has 5 rings (SSSR count). The number of aliphatic hydroxyl groups is 1. The number of phenols is 1. The average Bonchev–Trinajstić information content (AvgIpc) is 3.00. The molecule has 1 aromatic carbocycles. The second-order valence-electron chi connectivity index (χ2n) is 8.62. The van der Waals surface area contributed by atoms with Crippen LogP contribution in [0.25, 0.3) is 0 Å². The number of aromatic hydroxyl groups is 1. The van der Waals surface area contributed by atoms with E-state index in [-0.39, 0.29) is 11.7 Å². The molecule has 154 valence electrons. The van der Waals surface area contributed by atoms with Gasteiger partial charge in [0.2, 0.25) is 0 Å². The lowest BCUT2D eigenvalue weighted by molar-refractivity contribution is -0.170. The lowest BCUT2D eigenvalue weighted by atomic mass is 9.47. The van der Waals surface area contributed by atoms with Crippen molar-refractivity contribution in [2.75, 3.05) is 0 Å². The van der Waals surface area contributed by atoms with Gasteiger partial charge in [0.05, 0.1) is 11.0 Å². The molecule has 2 N–H and O–H groups in total. The Morgan fingerprint density at radius 2 is 2.14 bits per heavy atom. The number of esters is 2. The van der Waals surface area contributed by atoms with Crippen molar-refractivity contribution in [2.45, 2.75) is 69.2 Å². The van der Waals surface area contributed by atoms with Crippen molar-refractivity contribution in [1.29, 1.82) is 0 Å². The van der Waals surface area contributed by atoms with Crippen LogP contribution in [0, 0.1) is 5.92 Å². The van der Waals surface area contributed by atoms with Crippen LogP contribution in [-0.4, -0.2) is 40.0 Å². The highest BCUT2D eigenvalue weighted by atomic mass is 16.6. The molecule has 7 nitrogen and oxygen atoms in total. The van der Waals surface area contributed by atoms with Crippen LogP contribution >= 0.6 is 0 Å². The molecule has 2 bridgehead atoms. The normalized spacial score (nSPS) is 34.4. The van der Waals surface area contributed by atoms with Crippen molar-refractivity contribution in [1.82, 2.24) is 0 Å². The van der Waals surface area contributed by atoms with Crippen LogP contribution in [0.5, 0.6) is 11.5 Å². The third kappa shape index (κ3) is 2.28. The van der Waals surface area contributed by atoms with E-state index < -0.39 is 35.2 Å². The fourth-order valence-corrected chi connectivity index (χ4v) is 6.03. The molecular formula is C22H24O7. The lowest BCUT2D eigenvalue weighted by Crippen LogP contribution is -2.67. The van der Waals surface area contributed by atoms with Gasteiger partial charge in [-0.05, 0) is 56.2 Å². The van der Waals surface area contributed by atoms with Crippen LogP contribution < -0.4 is 4.74 Å². The zero-order valence-electron chi connectivity index (χ0n) is 16.4. The van der Waals surface area contributed by atoms with Crippen molar-refractivity contribution < 1.29 is 34.0 Å². The Labute approximate surface area is 168 Å². The first-order valence-corrected chi connectivity index (χ1v) is 10.1. The average molecular weight is 400 g/mol. The summed E-state index contributed by atoms with van der Waals surface area (Å²) < 4.78 is 16.7. The fourth-order valence-electron chi connectivity index (χ4n) is 6.03. The van der Waals surface area contributed by atoms with Gasteiger partial charge in [0.15, 0.2) is 23.7 Å². The molecule has 1 aromatic rings. The maximum Gasteiger partial charge on any atom is 0.352 e. The van der Waals surface area contributed by atoms with Crippen molar-refractivity contribution in [2.24, 2.45) is 5.92 Å². The lowest BCUT2D eigenvalue weighted by Gasteiger charge is -2.59. The van der Waals surface area contributed by atoms with E-state index in [1.807, 2.05) is 6.07 Å². The predicted octanol–water partition coefficient (Wildman–Crippen LogP) is 2.26. The second-order valence-corrected chi connectivity index (χ2v) is 8.62. The molecule has 4 aliphatic rings. The maximum absolute atomic E-state index is 12.5. The van der Waals surface area contributed by atoms with Gasteiger partial charge in [-0.1, -0.05) is 12.5 Å². The van der Waals surface area contributed by atoms with E-state index in [4.69, 9.17) is 14.2 Å². The number of ether oxygens (including phenoxy) is 3. The molecule has 3 aliphatic carbocycles. The first-order valence-electron chi connectivity index (χ1n) is 10.1. The van der Waals surface area contributed by atoms with Gasteiger partial charge in [0.25, 0.3) is 0 Å². The second kappa shape index (κ2) is 5.98. The summed E-state index contributed by atoms with van der Waals surface area (Å²) in [5, 5.41) is 22.3. The molecule has 0 radical (unpaired) electrons. The number of hydrogen-bond donors (Lipinski definition) is 2. The predicted molar refractivity (Wildman–Crippen MR) is 100 cm³/mol. The van der Waals surface area contributed by atoms with Crippen molar-refractivity contribution in [3.05, 3.63) is 35.1 Å². The molecule has 1 heterocycles. The van der Waals surface area contributed by atoms with Crippen molar-refractivity contribution in [3.63, 3.8) is 0 Å². The summed E-state index contributed by atoms with van der Waals surface area (Å²) in [6.45, 7) is 2.68. The van der Waals surface area contributed by atoms with Gasteiger partial charge in [0, 0.05) is 12.5 Å². The van der Waals surface area contributed by atoms with Gasteiger partial charge >= 0.3 is 11.9 Å². The van der Waals surface area contributed by atoms with Gasteiger partial charge in [-0.2, -0.15) is 0 Å². The summed E-state index contributed by atoms with van der Waals surface area (Å²) >= 11 is 0. The van der Waals surface area contributed by atoms with Gasteiger partial charge in [-0.15, -0.1) is 0 Å². The van der Waals surface area contributed by atoms with Crippen LogP contribution in [0.3, 0.4) is 0 Å². The number of benzene rings is 1. The van der Waals surface area contributed by atoms with E-state index in [0.717, 1.165) is 30.4 Å². The smallest absolute Gasteiger partial charge is 0.352 e. The summed E-state index contributed by atoms with van der Waals surface area (Å²) in [6, 6.07) is 3.53. The maximum atomic E-state index is 12.5. The van der Waals surface area contributed by atoms with E-state index in [0.29, 0.717) is 24.4 Å². The largest absolute Gasteiger partial charge is 0.504 e. The van der Waals surface area contributed by atoms with Gasteiger partial charge in [0.1, 0.15) is 5.76 Å². The molecule has 0 saturated heterocycles. The van der Waals surface area contributed by atoms with E-state index in [9.17, 15) is 19.8 Å². The zero-order chi connectivity index (χ0) is 20.6. The first-order chi connectivity index (χ1) is 13.8. The minimum Gasteiger partial charge on any atom is -0.504 e. The Hall–Kier alpha value is -2.54. The topological polar surface area (TPSA) is 102 Å². The quantitative estimate of drug-likeness (QED) is 0.751. The summed E-state index contributed by atoms with van der Waals surface area (Å²) in [4.78, 5) is 23.6. The molecular weight excluding hydrogens is 376 g/mol. The number of carbonyl (C=O) groups is 2. The standard InChI is InChI=1S/C22H24O7/c1-11(27-12(2)23)20(25)28-16-7-9-22(26)14-4-3-8-21(22)17-13(10-14)5-6-15(24)18(17)29-19(16)21/h5-7,11,14,19,24,26H,3-4,8-10H2,1-2H3/t11-,14+,19-,21-,22+/m0/s1. The molecule has 0 amide bonds. The van der Waals surface area contributed by atoms with E-state index in [1.54, 1.807) is 12.1 Å². The summed E-state index contributed by atoms with van der Waals surface area (Å²) in [7, 11) is 0. The van der Waals surface area contributed by atoms with Crippen LogP contribution in [0.15, 0.2) is 24.0 Å². The van der Waals surface area contributed by atoms with Crippen molar-refractivity contribution >= 4 is 11.9 Å². The highest BCUT2D eigenvalue weighted by Crippen LogP contribution is 2.67. The Morgan fingerprint density at radius 3 is 2.90 bits per heavy atom. The van der Waals surface area contributed by atoms with Crippen LogP contribution in [-0.2, 0) is 30.9 Å². The number of carbonyl (C=O) groups excluding carboxylic acids is 2. The highest BCUT2D eigenvalue weighted by molar-refractivity contribution is 5.79. The summed E-state index contributed by atoms with van der Waals surface area (Å²) in [6.07, 6.45) is 3.57. The SMILES string of the molecule is CC(=O)O[C@@H](C)C(=O)OC1=CC[C@@]2(O)[C@@H]3CCC[C@@]24c2c(ccc(O)c2O[C@@H]14)C3. The van der Waals surface area contributed by atoms with Gasteiger partial charge in [-0.3, -0.25) is 4.79 Å². The van der Waals surface area contributed by atoms with E-state index >= 15 is 0 Å². The number of rotatable bonds is 3. The Morgan fingerprint density at radius 1 is 1.34 bits per heavy atom. The van der Waals surface area contributed by atoms with E-state index in [2.05, 4.69) is 0 Å². The first kappa shape index (κ1) is 18.5. The molecule has 0 aromatic heterocycles. The van der Waals surface area contributed by atoms with Crippen LogP contribution in [0.1, 0.15) is 50.7 Å². The number of hydrogen-bond acceptors (Lipinski definition) is 7. The molecule has 5 atom stereocenters. The zero-order valence-corrected chi connectivity index (χ0v) is 16.4. The monoisotopic (exact) mass is 400 g/mol. The highest BCUT2D eigenvalue weighted by Gasteiger charge is 2.70. The van der Waals surface area contributed by atoms with Crippen LogP contribution in [0.4, 0.5) is 0 Å². The van der Waals surface area contributed by atoms with Gasteiger partial charge < -0.3 is 24.4 Å². The molecule has 1 saturated carbocycles.